The maximum atomic E-state index is 12.2. The molecule has 0 saturated carbocycles. The Balaban J connectivity index is 0.00000169. The third-order valence-corrected chi connectivity index (χ3v) is 6.33. The zero-order valence-corrected chi connectivity index (χ0v) is 15.4. The maximum Gasteiger partial charge on any atom is 0.220 e. The average molecular weight is 365 g/mol. The lowest BCUT2D eigenvalue weighted by atomic mass is 9.89. The van der Waals surface area contributed by atoms with Crippen molar-refractivity contribution in [3.8, 4) is 0 Å². The predicted octanol–water partition coefficient (Wildman–Crippen LogP) is 3.90. The van der Waals surface area contributed by atoms with Crippen LogP contribution in [0.4, 0.5) is 0 Å². The van der Waals surface area contributed by atoms with E-state index >= 15 is 0 Å². The van der Waals surface area contributed by atoms with Crippen LogP contribution in [0.2, 0.25) is 0 Å². The quantitative estimate of drug-likeness (QED) is 0.844. The van der Waals surface area contributed by atoms with Crippen LogP contribution in [0.5, 0.6) is 0 Å². The summed E-state index contributed by atoms with van der Waals surface area (Å²) in [5, 5.41) is 10.3. The predicted molar refractivity (Wildman–Crippen MR) is 103 cm³/mol. The van der Waals surface area contributed by atoms with Crippen LogP contribution in [0.3, 0.4) is 0 Å². The Labute approximate surface area is 153 Å². The number of hydrogen-bond donors (Lipinski definition) is 2. The van der Waals surface area contributed by atoms with Crippen LogP contribution in [-0.2, 0) is 11.2 Å². The first-order valence-corrected chi connectivity index (χ1v) is 9.64. The fraction of sp³-hybridized carbons (Fsp3) is 0.526. The van der Waals surface area contributed by atoms with Gasteiger partial charge >= 0.3 is 0 Å². The molecule has 2 saturated heterocycles. The van der Waals surface area contributed by atoms with Gasteiger partial charge in [-0.25, -0.2) is 0 Å². The van der Waals surface area contributed by atoms with Gasteiger partial charge < -0.3 is 10.6 Å². The maximum absolute atomic E-state index is 12.2. The molecule has 1 amide bonds. The summed E-state index contributed by atoms with van der Waals surface area (Å²) in [7, 11) is 0. The highest BCUT2D eigenvalue weighted by atomic mass is 35.5. The first-order valence-electron chi connectivity index (χ1n) is 8.76. The molecule has 1 aromatic carbocycles. The number of nitrogens with one attached hydrogen (secondary N) is 2. The minimum absolute atomic E-state index is 0. The zero-order valence-electron chi connectivity index (χ0n) is 13.8. The lowest BCUT2D eigenvalue weighted by Crippen LogP contribution is -2.39. The molecule has 4 rings (SSSR count). The molecular formula is C19H25ClN2OS. The van der Waals surface area contributed by atoms with Crippen molar-refractivity contribution in [2.24, 2.45) is 5.92 Å². The van der Waals surface area contributed by atoms with Crippen LogP contribution in [-0.4, -0.2) is 24.5 Å². The highest BCUT2D eigenvalue weighted by molar-refractivity contribution is 7.17. The molecule has 1 aromatic heterocycles. The van der Waals surface area contributed by atoms with Crippen molar-refractivity contribution >= 4 is 39.7 Å². The Morgan fingerprint density at radius 1 is 1.21 bits per heavy atom. The first kappa shape index (κ1) is 17.7. The Bertz CT molecular complexity index is 689. The molecule has 0 spiro atoms. The number of rotatable bonds is 5. The van der Waals surface area contributed by atoms with E-state index in [0.29, 0.717) is 24.4 Å². The van der Waals surface area contributed by atoms with Gasteiger partial charge in [0.15, 0.2) is 0 Å². The molecule has 24 heavy (non-hydrogen) atoms. The molecular weight excluding hydrogens is 340 g/mol. The van der Waals surface area contributed by atoms with E-state index in [0.717, 1.165) is 13.0 Å². The minimum Gasteiger partial charge on any atom is -0.356 e. The SMILES string of the molecule is Cl.O=C(CC1CC2CCC(C1)N2)NCCc1csc2ccccc12. The summed E-state index contributed by atoms with van der Waals surface area (Å²) in [5.74, 6) is 0.812. The monoisotopic (exact) mass is 364 g/mol. The van der Waals surface area contributed by atoms with Crippen molar-refractivity contribution in [2.45, 2.75) is 50.6 Å². The third-order valence-electron chi connectivity index (χ3n) is 5.32. The van der Waals surface area contributed by atoms with E-state index in [1.165, 1.54) is 41.3 Å². The molecule has 2 fully saturated rings. The standard InChI is InChI=1S/C19H24N2OS.ClH/c22-19(11-13-9-15-5-6-16(10-13)21-15)20-8-7-14-12-23-18-4-2-1-3-17(14)18;/h1-4,12-13,15-16,21H,5-11H2,(H,20,22);1H. The smallest absolute Gasteiger partial charge is 0.220 e. The van der Waals surface area contributed by atoms with Crippen LogP contribution in [0.15, 0.2) is 29.6 Å². The number of benzene rings is 1. The number of carbonyl (C=O) groups is 1. The topological polar surface area (TPSA) is 41.1 Å². The Hall–Kier alpha value is -1.10. The Morgan fingerprint density at radius 3 is 2.75 bits per heavy atom. The van der Waals surface area contributed by atoms with Gasteiger partial charge in [-0.3, -0.25) is 4.79 Å². The van der Waals surface area contributed by atoms with Crippen LogP contribution < -0.4 is 10.6 Å². The number of halogens is 1. The third kappa shape index (κ3) is 3.93. The van der Waals surface area contributed by atoms with E-state index < -0.39 is 0 Å². The second kappa shape index (κ2) is 7.85. The number of amides is 1. The van der Waals surface area contributed by atoms with Gasteiger partial charge in [-0.1, -0.05) is 18.2 Å². The number of thiophene rings is 1. The summed E-state index contributed by atoms with van der Waals surface area (Å²) in [4.78, 5) is 12.2. The van der Waals surface area contributed by atoms with Crippen molar-refractivity contribution in [1.82, 2.24) is 10.6 Å². The van der Waals surface area contributed by atoms with Gasteiger partial charge in [0.1, 0.15) is 0 Å². The van der Waals surface area contributed by atoms with Gasteiger partial charge in [0.05, 0.1) is 0 Å². The van der Waals surface area contributed by atoms with Crippen molar-refractivity contribution < 1.29 is 4.79 Å². The lowest BCUT2D eigenvalue weighted by molar-refractivity contribution is -0.122. The van der Waals surface area contributed by atoms with Crippen molar-refractivity contribution in [3.63, 3.8) is 0 Å². The highest BCUT2D eigenvalue weighted by Crippen LogP contribution is 2.32. The fourth-order valence-electron chi connectivity index (χ4n) is 4.24. The molecule has 0 aliphatic carbocycles. The summed E-state index contributed by atoms with van der Waals surface area (Å²) in [6.45, 7) is 0.747. The van der Waals surface area contributed by atoms with E-state index in [9.17, 15) is 4.79 Å². The van der Waals surface area contributed by atoms with E-state index in [1.54, 1.807) is 11.3 Å². The molecule has 2 unspecified atom stereocenters. The van der Waals surface area contributed by atoms with E-state index in [2.05, 4.69) is 40.3 Å². The van der Waals surface area contributed by atoms with Crippen LogP contribution in [0, 0.1) is 5.92 Å². The van der Waals surface area contributed by atoms with Gasteiger partial charge in [-0.15, -0.1) is 23.7 Å². The van der Waals surface area contributed by atoms with E-state index in [4.69, 9.17) is 0 Å². The first-order chi connectivity index (χ1) is 11.3. The lowest BCUT2D eigenvalue weighted by Gasteiger charge is -2.28. The summed E-state index contributed by atoms with van der Waals surface area (Å²) < 4.78 is 1.33. The number of hydrogen-bond acceptors (Lipinski definition) is 3. The highest BCUT2D eigenvalue weighted by Gasteiger charge is 2.34. The van der Waals surface area contributed by atoms with Crippen molar-refractivity contribution in [1.29, 1.82) is 0 Å². The number of fused-ring (bicyclic) bond motifs is 3. The molecule has 2 N–H and O–H groups in total. The molecule has 3 nitrogen and oxygen atoms in total. The van der Waals surface area contributed by atoms with Crippen molar-refractivity contribution in [3.05, 3.63) is 35.2 Å². The largest absolute Gasteiger partial charge is 0.356 e. The molecule has 2 aliphatic heterocycles. The van der Waals surface area contributed by atoms with E-state index in [1.807, 2.05) is 0 Å². The second-order valence-corrected chi connectivity index (χ2v) is 7.95. The number of piperidine rings is 1. The van der Waals surface area contributed by atoms with Crippen LogP contribution in [0.25, 0.3) is 10.1 Å². The van der Waals surface area contributed by atoms with Gasteiger partial charge in [-0.05, 0) is 60.4 Å². The van der Waals surface area contributed by atoms with Gasteiger partial charge in [-0.2, -0.15) is 0 Å². The summed E-state index contributed by atoms with van der Waals surface area (Å²) in [6, 6.07) is 9.84. The fourth-order valence-corrected chi connectivity index (χ4v) is 5.24. The van der Waals surface area contributed by atoms with Crippen molar-refractivity contribution in [2.75, 3.05) is 6.54 Å². The molecule has 130 valence electrons. The molecule has 2 bridgehead atoms. The second-order valence-electron chi connectivity index (χ2n) is 7.04. The number of carbonyl (C=O) groups excluding carboxylic acids is 1. The van der Waals surface area contributed by atoms with Gasteiger partial charge in [0.25, 0.3) is 0 Å². The molecule has 2 atom stereocenters. The van der Waals surface area contributed by atoms with Gasteiger partial charge in [0, 0.05) is 29.7 Å². The molecule has 2 aromatic rings. The van der Waals surface area contributed by atoms with E-state index in [-0.39, 0.29) is 18.3 Å². The minimum atomic E-state index is 0. The molecule has 2 aliphatic rings. The molecule has 5 heteroatoms. The Kier molecular flexibility index (Phi) is 5.80. The molecule has 0 radical (unpaired) electrons. The summed E-state index contributed by atoms with van der Waals surface area (Å²) in [5.41, 5.74) is 1.35. The zero-order chi connectivity index (χ0) is 15.6. The van der Waals surface area contributed by atoms with Gasteiger partial charge in [0.2, 0.25) is 5.91 Å². The summed E-state index contributed by atoms with van der Waals surface area (Å²) in [6.07, 6.45) is 6.59. The normalized spacial score (nSPS) is 25.4. The molecule has 3 heterocycles. The summed E-state index contributed by atoms with van der Waals surface area (Å²) >= 11 is 1.79. The van der Waals surface area contributed by atoms with Crippen LogP contribution >= 0.6 is 23.7 Å². The Morgan fingerprint density at radius 2 is 1.96 bits per heavy atom. The van der Waals surface area contributed by atoms with Crippen LogP contribution in [0.1, 0.15) is 37.7 Å². The average Bonchev–Trinajstić information content (AvgIpc) is 3.11.